The second-order valence-corrected chi connectivity index (χ2v) is 6.58. The van der Waals surface area contributed by atoms with Gasteiger partial charge in [0.05, 0.1) is 25.7 Å². The Morgan fingerprint density at radius 3 is 2.87 bits per heavy atom. The summed E-state index contributed by atoms with van der Waals surface area (Å²) in [5, 5.41) is 3.14. The summed E-state index contributed by atoms with van der Waals surface area (Å²) in [6, 6.07) is 10.7. The third kappa shape index (κ3) is 4.37. The van der Waals surface area contributed by atoms with E-state index in [1.54, 1.807) is 31.8 Å². The number of para-hydroxylation sites is 2. The molecular weight excluding hydrogens is 398 g/mol. The van der Waals surface area contributed by atoms with Crippen LogP contribution in [0.25, 0.3) is 11.2 Å². The van der Waals surface area contributed by atoms with E-state index in [0.29, 0.717) is 52.8 Å². The molecule has 0 fully saturated rings. The Labute approximate surface area is 178 Å². The molecular formula is C21H21N7O3. The first-order valence-electron chi connectivity index (χ1n) is 9.61. The number of ether oxygens (including phenoxy) is 2. The Balaban J connectivity index is 1.38. The lowest BCUT2D eigenvalue weighted by Gasteiger charge is -2.13. The number of nitrogens with two attached hydrogens (primary N) is 1. The second kappa shape index (κ2) is 9.08. The van der Waals surface area contributed by atoms with Crippen molar-refractivity contribution >= 4 is 34.5 Å². The molecule has 0 aliphatic rings. The van der Waals surface area contributed by atoms with Crippen molar-refractivity contribution in [2.45, 2.75) is 13.0 Å². The predicted molar refractivity (Wildman–Crippen MR) is 115 cm³/mol. The zero-order valence-corrected chi connectivity index (χ0v) is 16.9. The van der Waals surface area contributed by atoms with Gasteiger partial charge >= 0.3 is 5.97 Å². The highest BCUT2D eigenvalue weighted by molar-refractivity contribution is 5.95. The van der Waals surface area contributed by atoms with Crippen molar-refractivity contribution in [3.8, 4) is 5.75 Å². The molecule has 3 aromatic heterocycles. The molecule has 0 radical (unpaired) electrons. The number of hydrogen-bond acceptors (Lipinski definition) is 9. The summed E-state index contributed by atoms with van der Waals surface area (Å²) < 4.78 is 12.6. The molecule has 0 aliphatic carbocycles. The van der Waals surface area contributed by atoms with Gasteiger partial charge in [0.25, 0.3) is 0 Å². The molecule has 0 saturated heterocycles. The van der Waals surface area contributed by atoms with E-state index < -0.39 is 5.97 Å². The molecule has 4 rings (SSSR count). The summed E-state index contributed by atoms with van der Waals surface area (Å²) >= 11 is 0. The Kier molecular flexibility index (Phi) is 5.88. The van der Waals surface area contributed by atoms with Gasteiger partial charge in [-0.1, -0.05) is 12.1 Å². The minimum absolute atomic E-state index is 0.224. The van der Waals surface area contributed by atoms with Crippen molar-refractivity contribution < 1.29 is 14.3 Å². The standard InChI is InChI=1S/C21H21N7O3/c1-30-16-8-3-2-7-15(16)27-19-14(6-4-9-23-19)21(29)31-11-5-10-28-13-26-17-18(22)24-12-25-20(17)28/h2-4,6-9,12-13H,5,10-11H2,1H3,(H,23,27)(H2,22,24,25). The van der Waals surface area contributed by atoms with Crippen LogP contribution >= 0.6 is 0 Å². The van der Waals surface area contributed by atoms with Gasteiger partial charge in [-0.05, 0) is 30.7 Å². The highest BCUT2D eigenvalue weighted by Crippen LogP contribution is 2.27. The van der Waals surface area contributed by atoms with E-state index >= 15 is 0 Å². The van der Waals surface area contributed by atoms with Crippen LogP contribution in [-0.4, -0.2) is 44.2 Å². The fourth-order valence-electron chi connectivity index (χ4n) is 3.09. The maximum absolute atomic E-state index is 12.6. The molecule has 3 N–H and O–H groups in total. The van der Waals surface area contributed by atoms with Gasteiger partial charge in [0.15, 0.2) is 11.5 Å². The monoisotopic (exact) mass is 419 g/mol. The topological polar surface area (TPSA) is 130 Å². The van der Waals surface area contributed by atoms with Crippen molar-refractivity contribution in [3.05, 3.63) is 60.8 Å². The molecule has 4 aromatic rings. The number of nitrogens with zero attached hydrogens (tertiary/aromatic N) is 5. The van der Waals surface area contributed by atoms with Crippen molar-refractivity contribution in [2.75, 3.05) is 24.8 Å². The number of fused-ring (bicyclic) bond motifs is 1. The van der Waals surface area contributed by atoms with E-state index in [2.05, 4.69) is 25.3 Å². The lowest BCUT2D eigenvalue weighted by Crippen LogP contribution is -2.11. The molecule has 0 spiro atoms. The quantitative estimate of drug-likeness (QED) is 0.327. The van der Waals surface area contributed by atoms with Crippen LogP contribution in [0, 0.1) is 0 Å². The molecule has 31 heavy (non-hydrogen) atoms. The third-order valence-electron chi connectivity index (χ3n) is 4.59. The van der Waals surface area contributed by atoms with Crippen LogP contribution in [0.15, 0.2) is 55.2 Å². The van der Waals surface area contributed by atoms with E-state index in [9.17, 15) is 4.79 Å². The summed E-state index contributed by atoms with van der Waals surface area (Å²) in [4.78, 5) is 29.3. The number of carbonyl (C=O) groups is 1. The number of methoxy groups -OCH3 is 1. The molecule has 10 nitrogen and oxygen atoms in total. The van der Waals surface area contributed by atoms with Gasteiger partial charge in [-0.25, -0.2) is 24.7 Å². The third-order valence-corrected chi connectivity index (χ3v) is 4.59. The zero-order chi connectivity index (χ0) is 21.6. The predicted octanol–water partition coefficient (Wildman–Crippen LogP) is 2.80. The molecule has 0 amide bonds. The zero-order valence-electron chi connectivity index (χ0n) is 16.9. The van der Waals surface area contributed by atoms with Crippen LogP contribution in [0.1, 0.15) is 16.8 Å². The fourth-order valence-corrected chi connectivity index (χ4v) is 3.09. The minimum atomic E-state index is -0.465. The van der Waals surface area contributed by atoms with Crippen molar-refractivity contribution in [2.24, 2.45) is 0 Å². The summed E-state index contributed by atoms with van der Waals surface area (Å²) in [5.74, 6) is 0.906. The number of anilines is 3. The minimum Gasteiger partial charge on any atom is -0.495 e. The van der Waals surface area contributed by atoms with Gasteiger partial charge in [-0.3, -0.25) is 0 Å². The number of hydrogen-bond donors (Lipinski definition) is 2. The number of carbonyl (C=O) groups excluding carboxylic acids is 1. The number of aryl methyl sites for hydroxylation is 1. The summed E-state index contributed by atoms with van der Waals surface area (Å²) in [7, 11) is 1.58. The number of esters is 1. The van der Waals surface area contributed by atoms with Crippen LogP contribution < -0.4 is 15.8 Å². The van der Waals surface area contributed by atoms with Gasteiger partial charge in [0.2, 0.25) is 0 Å². The SMILES string of the molecule is COc1ccccc1Nc1ncccc1C(=O)OCCCn1cnc2c(N)ncnc21. The van der Waals surface area contributed by atoms with Gasteiger partial charge in [-0.15, -0.1) is 0 Å². The molecule has 0 unspecified atom stereocenters. The highest BCUT2D eigenvalue weighted by Gasteiger charge is 2.15. The number of imidazole rings is 1. The van der Waals surface area contributed by atoms with Crippen molar-refractivity contribution in [1.82, 2.24) is 24.5 Å². The fraction of sp³-hybridized carbons (Fsp3) is 0.190. The maximum atomic E-state index is 12.6. The Morgan fingerprint density at radius 2 is 2.00 bits per heavy atom. The molecule has 1 aromatic carbocycles. The van der Waals surface area contributed by atoms with Crippen molar-refractivity contribution in [3.63, 3.8) is 0 Å². The first-order valence-corrected chi connectivity index (χ1v) is 9.61. The number of aromatic nitrogens is 5. The number of benzene rings is 1. The van der Waals surface area contributed by atoms with E-state index in [0.717, 1.165) is 0 Å². The highest BCUT2D eigenvalue weighted by atomic mass is 16.5. The number of pyridine rings is 1. The first kappa shape index (κ1) is 20.1. The van der Waals surface area contributed by atoms with Crippen LogP contribution in [-0.2, 0) is 11.3 Å². The van der Waals surface area contributed by atoms with Gasteiger partial charge in [-0.2, -0.15) is 0 Å². The largest absolute Gasteiger partial charge is 0.495 e. The second-order valence-electron chi connectivity index (χ2n) is 6.58. The Morgan fingerprint density at radius 1 is 1.13 bits per heavy atom. The van der Waals surface area contributed by atoms with Crippen molar-refractivity contribution in [1.29, 1.82) is 0 Å². The Bertz CT molecular complexity index is 1210. The molecule has 10 heteroatoms. The van der Waals surface area contributed by atoms with Crippen LogP contribution in [0.3, 0.4) is 0 Å². The van der Waals surface area contributed by atoms with Gasteiger partial charge in [0, 0.05) is 12.7 Å². The summed E-state index contributed by atoms with van der Waals surface area (Å²) in [6.45, 7) is 0.793. The maximum Gasteiger partial charge on any atom is 0.341 e. The molecule has 158 valence electrons. The average molecular weight is 419 g/mol. The lowest BCUT2D eigenvalue weighted by atomic mass is 10.2. The molecule has 0 bridgehead atoms. The number of nitrogen functional groups attached to an aromatic ring is 1. The van der Waals surface area contributed by atoms with Gasteiger partial charge < -0.3 is 25.1 Å². The smallest absolute Gasteiger partial charge is 0.341 e. The summed E-state index contributed by atoms with van der Waals surface area (Å²) in [5.41, 5.74) is 8.04. The van der Waals surface area contributed by atoms with Crippen LogP contribution in [0.2, 0.25) is 0 Å². The van der Waals surface area contributed by atoms with E-state index in [1.165, 1.54) is 6.33 Å². The van der Waals surface area contributed by atoms with Gasteiger partial charge in [0.1, 0.15) is 29.0 Å². The van der Waals surface area contributed by atoms with Crippen LogP contribution in [0.4, 0.5) is 17.3 Å². The van der Waals surface area contributed by atoms with E-state index in [4.69, 9.17) is 15.2 Å². The molecule has 0 atom stereocenters. The van der Waals surface area contributed by atoms with E-state index in [-0.39, 0.29) is 6.61 Å². The van der Waals surface area contributed by atoms with E-state index in [1.807, 2.05) is 28.8 Å². The molecule has 0 saturated carbocycles. The number of rotatable bonds is 8. The molecule has 0 aliphatic heterocycles. The first-order chi connectivity index (χ1) is 15.2. The summed E-state index contributed by atoms with van der Waals surface area (Å²) in [6.07, 6.45) is 5.23. The number of nitrogens with one attached hydrogen (secondary N) is 1. The van der Waals surface area contributed by atoms with Crippen LogP contribution in [0.5, 0.6) is 5.75 Å². The lowest BCUT2D eigenvalue weighted by molar-refractivity contribution is 0.0497. The normalized spacial score (nSPS) is 10.7. The average Bonchev–Trinajstić information content (AvgIpc) is 3.22. The Hall–Kier alpha value is -4.21. The molecule has 3 heterocycles.